The van der Waals surface area contributed by atoms with Gasteiger partial charge in [-0.2, -0.15) is 0 Å². The van der Waals surface area contributed by atoms with E-state index in [9.17, 15) is 24.3 Å². The predicted octanol–water partition coefficient (Wildman–Crippen LogP) is 4.67. The Morgan fingerprint density at radius 1 is 0.946 bits per heavy atom. The molecule has 1 heterocycles. The summed E-state index contributed by atoms with van der Waals surface area (Å²) in [4.78, 5) is 55.2. The lowest BCUT2D eigenvalue weighted by atomic mass is 9.59. The fourth-order valence-electron chi connectivity index (χ4n) is 6.44. The number of nitrogens with zero attached hydrogens (tertiary/aromatic N) is 1. The maximum absolute atomic E-state index is 13.9. The van der Waals surface area contributed by atoms with Crippen LogP contribution in [0.3, 0.4) is 0 Å². The second-order valence-corrected chi connectivity index (χ2v) is 10.1. The second-order valence-electron chi connectivity index (χ2n) is 10.1. The number of ketones is 2. The summed E-state index contributed by atoms with van der Waals surface area (Å²) in [5.74, 6) is -2.83. The molecule has 184 valence electrons. The van der Waals surface area contributed by atoms with Crippen molar-refractivity contribution >= 4 is 35.1 Å². The van der Waals surface area contributed by atoms with Gasteiger partial charge in [-0.3, -0.25) is 24.1 Å². The third-order valence-corrected chi connectivity index (χ3v) is 8.18. The standard InChI is InChI=1S/C31H25NO5/c1-3-17-4-8-19(9-5-17)32-30(36)22-13-12-21-23(27(22)31(32)37)15-24-28(25(34)14-16(2)29(24)35)26(21)18-6-10-20(33)11-7-18/h3-12,14,22-23,26-27,33H,1,13,15H2,2H3. The summed E-state index contributed by atoms with van der Waals surface area (Å²) in [6, 6.07) is 13.7. The third kappa shape index (κ3) is 3.39. The molecule has 1 fully saturated rings. The van der Waals surface area contributed by atoms with E-state index < -0.39 is 17.8 Å². The summed E-state index contributed by atoms with van der Waals surface area (Å²) >= 11 is 0. The Balaban J connectivity index is 1.46. The van der Waals surface area contributed by atoms with Gasteiger partial charge in [-0.25, -0.2) is 0 Å². The average Bonchev–Trinajstić information content (AvgIpc) is 3.16. The Morgan fingerprint density at radius 3 is 2.32 bits per heavy atom. The highest BCUT2D eigenvalue weighted by Gasteiger charge is 2.56. The second kappa shape index (κ2) is 8.37. The van der Waals surface area contributed by atoms with Crippen molar-refractivity contribution in [3.63, 3.8) is 0 Å². The molecular formula is C31H25NO5. The lowest BCUT2D eigenvalue weighted by Crippen LogP contribution is -2.39. The van der Waals surface area contributed by atoms with Gasteiger partial charge in [-0.1, -0.05) is 48.6 Å². The zero-order valence-corrected chi connectivity index (χ0v) is 20.3. The number of carbonyl (C=O) groups excluding carboxylic acids is 4. The molecule has 0 aromatic heterocycles. The van der Waals surface area contributed by atoms with Crippen LogP contribution in [0, 0.1) is 17.8 Å². The number of rotatable bonds is 3. The van der Waals surface area contributed by atoms with Crippen LogP contribution in [0.4, 0.5) is 5.69 Å². The van der Waals surface area contributed by atoms with Crippen LogP contribution in [0.2, 0.25) is 0 Å². The Bertz CT molecular complexity index is 1490. The van der Waals surface area contributed by atoms with E-state index in [0.29, 0.717) is 28.8 Å². The molecule has 2 aromatic carbocycles. The summed E-state index contributed by atoms with van der Waals surface area (Å²) in [6.07, 6.45) is 5.71. The van der Waals surface area contributed by atoms with E-state index in [2.05, 4.69) is 6.58 Å². The number of imide groups is 1. The number of anilines is 1. The topological polar surface area (TPSA) is 91.8 Å². The minimum atomic E-state index is -0.616. The van der Waals surface area contributed by atoms with E-state index in [1.807, 2.05) is 18.2 Å². The number of amides is 2. The highest BCUT2D eigenvalue weighted by atomic mass is 16.3. The van der Waals surface area contributed by atoms with Crippen molar-refractivity contribution < 1.29 is 24.3 Å². The Morgan fingerprint density at radius 2 is 1.65 bits per heavy atom. The van der Waals surface area contributed by atoms with Gasteiger partial charge in [0.25, 0.3) is 0 Å². The van der Waals surface area contributed by atoms with Gasteiger partial charge in [0.15, 0.2) is 11.6 Å². The molecule has 4 unspecified atom stereocenters. The molecule has 0 bridgehead atoms. The van der Waals surface area contributed by atoms with E-state index >= 15 is 0 Å². The first kappa shape index (κ1) is 23.1. The van der Waals surface area contributed by atoms with Crippen molar-refractivity contribution in [2.24, 2.45) is 17.8 Å². The number of carbonyl (C=O) groups is 4. The summed E-state index contributed by atoms with van der Waals surface area (Å²) in [5.41, 5.74) is 4.32. The van der Waals surface area contributed by atoms with Crippen molar-refractivity contribution in [2.75, 3.05) is 4.90 Å². The van der Waals surface area contributed by atoms with Crippen LogP contribution in [-0.2, 0) is 19.2 Å². The average molecular weight is 492 g/mol. The van der Waals surface area contributed by atoms with Crippen molar-refractivity contribution in [1.82, 2.24) is 0 Å². The number of fused-ring (bicyclic) bond motifs is 3. The zero-order valence-electron chi connectivity index (χ0n) is 20.3. The molecule has 0 saturated carbocycles. The van der Waals surface area contributed by atoms with Gasteiger partial charge in [0, 0.05) is 22.6 Å². The summed E-state index contributed by atoms with van der Waals surface area (Å²) in [5, 5.41) is 9.86. The number of hydrogen-bond acceptors (Lipinski definition) is 5. The largest absolute Gasteiger partial charge is 0.508 e. The molecule has 37 heavy (non-hydrogen) atoms. The molecule has 1 aliphatic heterocycles. The molecule has 6 rings (SSSR count). The van der Waals surface area contributed by atoms with Crippen LogP contribution in [-0.4, -0.2) is 28.5 Å². The number of phenols is 1. The van der Waals surface area contributed by atoms with E-state index in [1.165, 1.54) is 11.0 Å². The van der Waals surface area contributed by atoms with Gasteiger partial charge in [-0.05, 0) is 67.2 Å². The number of benzene rings is 2. The predicted molar refractivity (Wildman–Crippen MR) is 138 cm³/mol. The highest BCUT2D eigenvalue weighted by molar-refractivity contribution is 6.25. The maximum Gasteiger partial charge on any atom is 0.238 e. The maximum atomic E-state index is 13.9. The van der Waals surface area contributed by atoms with E-state index in [1.54, 1.807) is 49.4 Å². The SMILES string of the molecule is C=Cc1ccc(N2C(=O)C3CC=C4C(c5ccc(O)cc5)C5=C(CC4C3C2=O)C(=O)C(C)=CC5=O)cc1. The van der Waals surface area contributed by atoms with Gasteiger partial charge in [0.05, 0.1) is 17.5 Å². The monoisotopic (exact) mass is 491 g/mol. The first-order valence-electron chi connectivity index (χ1n) is 12.4. The van der Waals surface area contributed by atoms with E-state index in [-0.39, 0.29) is 41.5 Å². The first-order valence-corrected chi connectivity index (χ1v) is 12.4. The quantitative estimate of drug-likeness (QED) is 0.383. The summed E-state index contributed by atoms with van der Waals surface area (Å²) in [7, 11) is 0. The molecule has 1 saturated heterocycles. The van der Waals surface area contributed by atoms with Crippen molar-refractivity contribution in [3.8, 4) is 5.75 Å². The van der Waals surface area contributed by atoms with E-state index in [4.69, 9.17) is 0 Å². The minimum Gasteiger partial charge on any atom is -0.508 e. The van der Waals surface area contributed by atoms with Crippen LogP contribution in [0.25, 0.3) is 6.08 Å². The number of allylic oxidation sites excluding steroid dienone is 6. The zero-order chi connectivity index (χ0) is 26.0. The Kier molecular flexibility index (Phi) is 5.23. The van der Waals surface area contributed by atoms with Crippen LogP contribution >= 0.6 is 0 Å². The molecule has 0 spiro atoms. The molecule has 2 aromatic rings. The summed E-state index contributed by atoms with van der Waals surface area (Å²) in [6.45, 7) is 5.38. The van der Waals surface area contributed by atoms with Gasteiger partial charge < -0.3 is 5.11 Å². The van der Waals surface area contributed by atoms with Crippen LogP contribution in [0.5, 0.6) is 5.75 Å². The number of Topliss-reactive ketones (excluding diaryl/α,β-unsaturated/α-hetero) is 1. The number of phenolic OH excluding ortho intramolecular Hbond substituents is 1. The van der Waals surface area contributed by atoms with Crippen LogP contribution < -0.4 is 4.90 Å². The molecule has 6 heteroatoms. The normalized spacial score (nSPS) is 26.9. The smallest absolute Gasteiger partial charge is 0.238 e. The highest BCUT2D eigenvalue weighted by Crippen LogP contribution is 2.55. The van der Waals surface area contributed by atoms with Crippen molar-refractivity contribution in [3.05, 3.63) is 101 Å². The molecule has 1 N–H and O–H groups in total. The fourth-order valence-corrected chi connectivity index (χ4v) is 6.44. The third-order valence-electron chi connectivity index (χ3n) is 8.18. The molecule has 4 atom stereocenters. The van der Waals surface area contributed by atoms with Crippen LogP contribution in [0.15, 0.2) is 89.6 Å². The van der Waals surface area contributed by atoms with Gasteiger partial charge in [0.2, 0.25) is 11.8 Å². The van der Waals surface area contributed by atoms with Gasteiger partial charge in [-0.15, -0.1) is 0 Å². The lowest BCUT2D eigenvalue weighted by Gasteiger charge is -2.42. The lowest BCUT2D eigenvalue weighted by molar-refractivity contribution is -0.123. The Hall–Kier alpha value is -4.32. The molecule has 0 radical (unpaired) electrons. The molecule has 2 amide bonds. The van der Waals surface area contributed by atoms with Gasteiger partial charge in [0.1, 0.15) is 5.75 Å². The molecular weight excluding hydrogens is 466 g/mol. The minimum absolute atomic E-state index is 0.0967. The van der Waals surface area contributed by atoms with Crippen molar-refractivity contribution in [1.29, 1.82) is 0 Å². The number of hydrogen-bond donors (Lipinski definition) is 1. The molecule has 4 aliphatic rings. The van der Waals surface area contributed by atoms with Crippen molar-refractivity contribution in [2.45, 2.75) is 25.7 Å². The van der Waals surface area contributed by atoms with E-state index in [0.717, 1.165) is 16.7 Å². The molecule has 6 nitrogen and oxygen atoms in total. The van der Waals surface area contributed by atoms with Gasteiger partial charge >= 0.3 is 0 Å². The van der Waals surface area contributed by atoms with Crippen LogP contribution in [0.1, 0.15) is 36.8 Å². The molecule has 3 aliphatic carbocycles. The first-order chi connectivity index (χ1) is 17.8. The number of aromatic hydroxyl groups is 1. The summed E-state index contributed by atoms with van der Waals surface area (Å²) < 4.78 is 0. The fraction of sp³-hybridized carbons (Fsp3) is 0.226. The Labute approximate surface area is 214 Å².